The van der Waals surface area contributed by atoms with E-state index in [1.54, 1.807) is 6.92 Å². The number of hydrogen-bond donors (Lipinski definition) is 2. The monoisotopic (exact) mass is 179 g/mol. The molecule has 3 N–H and O–H groups in total. The van der Waals surface area contributed by atoms with E-state index in [0.717, 1.165) is 11.1 Å². The number of aryl methyl sites for hydroxylation is 2. The maximum Gasteiger partial charge on any atom is 0.0704 e. The molecule has 0 aliphatic carbocycles. The Balaban J connectivity index is 3.01. The zero-order valence-electron chi connectivity index (χ0n) is 8.41. The third-order valence-corrected chi connectivity index (χ3v) is 2.30. The molecule has 72 valence electrons. The predicted octanol–water partition coefficient (Wildman–Crippen LogP) is 1.68. The second-order valence-electron chi connectivity index (χ2n) is 3.63. The van der Waals surface area contributed by atoms with Crippen LogP contribution >= 0.6 is 0 Å². The second-order valence-corrected chi connectivity index (χ2v) is 3.63. The maximum atomic E-state index is 9.34. The van der Waals surface area contributed by atoms with Crippen LogP contribution in [0.25, 0.3) is 0 Å². The van der Waals surface area contributed by atoms with Crippen molar-refractivity contribution in [3.63, 3.8) is 0 Å². The average molecular weight is 179 g/mol. The van der Waals surface area contributed by atoms with Crippen molar-refractivity contribution in [1.82, 2.24) is 0 Å². The minimum absolute atomic E-state index is 0.277. The fourth-order valence-electron chi connectivity index (χ4n) is 1.46. The van der Waals surface area contributed by atoms with Crippen LogP contribution in [0.4, 0.5) is 0 Å². The van der Waals surface area contributed by atoms with Crippen molar-refractivity contribution >= 4 is 0 Å². The van der Waals surface area contributed by atoms with Gasteiger partial charge in [0.2, 0.25) is 0 Å². The van der Waals surface area contributed by atoms with E-state index >= 15 is 0 Å². The topological polar surface area (TPSA) is 46.2 Å². The maximum absolute atomic E-state index is 9.34. The molecule has 1 rings (SSSR count). The normalized spacial score (nSPS) is 15.5. The number of benzene rings is 1. The van der Waals surface area contributed by atoms with Gasteiger partial charge in [0, 0.05) is 0 Å². The van der Waals surface area contributed by atoms with Gasteiger partial charge in [-0.2, -0.15) is 0 Å². The SMILES string of the molecule is Cc1ccc([C@H](N)[C@H](C)O)c(C)c1. The van der Waals surface area contributed by atoms with Crippen LogP contribution in [0.5, 0.6) is 0 Å². The van der Waals surface area contributed by atoms with E-state index in [0.29, 0.717) is 0 Å². The summed E-state index contributed by atoms with van der Waals surface area (Å²) >= 11 is 0. The first-order valence-corrected chi connectivity index (χ1v) is 4.53. The van der Waals surface area contributed by atoms with Gasteiger partial charge in [-0.1, -0.05) is 23.8 Å². The number of aliphatic hydroxyl groups excluding tert-OH is 1. The summed E-state index contributed by atoms with van der Waals surface area (Å²) in [6, 6.07) is 5.81. The smallest absolute Gasteiger partial charge is 0.0704 e. The molecule has 0 amide bonds. The minimum Gasteiger partial charge on any atom is -0.391 e. The molecule has 0 saturated carbocycles. The molecule has 2 atom stereocenters. The molecule has 0 heterocycles. The van der Waals surface area contributed by atoms with E-state index in [4.69, 9.17) is 5.73 Å². The van der Waals surface area contributed by atoms with Crippen LogP contribution in [0.1, 0.15) is 29.7 Å². The van der Waals surface area contributed by atoms with E-state index in [-0.39, 0.29) is 6.04 Å². The fraction of sp³-hybridized carbons (Fsp3) is 0.455. The van der Waals surface area contributed by atoms with Crippen LogP contribution in [-0.4, -0.2) is 11.2 Å². The molecular weight excluding hydrogens is 162 g/mol. The van der Waals surface area contributed by atoms with Gasteiger partial charge < -0.3 is 10.8 Å². The second kappa shape index (κ2) is 3.90. The number of aliphatic hydroxyl groups is 1. The number of rotatable bonds is 2. The third kappa shape index (κ3) is 2.29. The highest BCUT2D eigenvalue weighted by molar-refractivity contribution is 5.33. The lowest BCUT2D eigenvalue weighted by Crippen LogP contribution is -2.23. The molecule has 2 heteroatoms. The Bertz CT molecular complexity index is 294. The van der Waals surface area contributed by atoms with Gasteiger partial charge in [-0.15, -0.1) is 0 Å². The molecule has 0 saturated heterocycles. The van der Waals surface area contributed by atoms with Gasteiger partial charge in [0.25, 0.3) is 0 Å². The zero-order chi connectivity index (χ0) is 10.0. The van der Waals surface area contributed by atoms with Crippen molar-refractivity contribution in [1.29, 1.82) is 0 Å². The predicted molar refractivity (Wildman–Crippen MR) is 54.5 cm³/mol. The Morgan fingerprint density at radius 3 is 2.38 bits per heavy atom. The number of nitrogens with two attached hydrogens (primary N) is 1. The first-order chi connectivity index (χ1) is 6.02. The van der Waals surface area contributed by atoms with Crippen molar-refractivity contribution in [3.8, 4) is 0 Å². The lowest BCUT2D eigenvalue weighted by atomic mass is 9.97. The molecule has 0 bridgehead atoms. The van der Waals surface area contributed by atoms with E-state index in [2.05, 4.69) is 6.07 Å². The molecule has 0 aromatic heterocycles. The van der Waals surface area contributed by atoms with Gasteiger partial charge in [0.15, 0.2) is 0 Å². The quantitative estimate of drug-likeness (QED) is 0.725. The van der Waals surface area contributed by atoms with Gasteiger partial charge in [-0.05, 0) is 31.9 Å². The Morgan fingerprint density at radius 2 is 1.92 bits per heavy atom. The van der Waals surface area contributed by atoms with Gasteiger partial charge in [-0.25, -0.2) is 0 Å². The van der Waals surface area contributed by atoms with E-state index < -0.39 is 6.10 Å². The van der Waals surface area contributed by atoms with Crippen LogP contribution in [0.15, 0.2) is 18.2 Å². The molecule has 0 aliphatic rings. The van der Waals surface area contributed by atoms with Crippen molar-refractivity contribution in [2.24, 2.45) is 5.73 Å². The molecule has 0 radical (unpaired) electrons. The van der Waals surface area contributed by atoms with Crippen LogP contribution in [-0.2, 0) is 0 Å². The summed E-state index contributed by atoms with van der Waals surface area (Å²) in [5.41, 5.74) is 9.24. The van der Waals surface area contributed by atoms with Crippen molar-refractivity contribution in [3.05, 3.63) is 34.9 Å². The third-order valence-electron chi connectivity index (χ3n) is 2.30. The van der Waals surface area contributed by atoms with Crippen LogP contribution < -0.4 is 5.73 Å². The zero-order valence-corrected chi connectivity index (χ0v) is 8.41. The van der Waals surface area contributed by atoms with Crippen molar-refractivity contribution < 1.29 is 5.11 Å². The Morgan fingerprint density at radius 1 is 1.31 bits per heavy atom. The molecular formula is C11H17NO. The molecule has 0 fully saturated rings. The summed E-state index contributed by atoms with van der Waals surface area (Å²) in [4.78, 5) is 0. The average Bonchev–Trinajstić information content (AvgIpc) is 2.03. The van der Waals surface area contributed by atoms with Gasteiger partial charge in [0.05, 0.1) is 12.1 Å². The molecule has 13 heavy (non-hydrogen) atoms. The molecule has 1 aromatic carbocycles. The summed E-state index contributed by atoms with van der Waals surface area (Å²) in [6.45, 7) is 5.78. The van der Waals surface area contributed by atoms with Gasteiger partial charge >= 0.3 is 0 Å². The van der Waals surface area contributed by atoms with Crippen LogP contribution in [0, 0.1) is 13.8 Å². The van der Waals surface area contributed by atoms with Gasteiger partial charge in [0.1, 0.15) is 0 Å². The van der Waals surface area contributed by atoms with Crippen molar-refractivity contribution in [2.75, 3.05) is 0 Å². The fourth-order valence-corrected chi connectivity index (χ4v) is 1.46. The van der Waals surface area contributed by atoms with Crippen molar-refractivity contribution in [2.45, 2.75) is 32.9 Å². The summed E-state index contributed by atoms with van der Waals surface area (Å²) in [7, 11) is 0. The molecule has 0 spiro atoms. The first-order valence-electron chi connectivity index (χ1n) is 4.53. The largest absolute Gasteiger partial charge is 0.391 e. The van der Waals surface area contributed by atoms with Crippen LogP contribution in [0.2, 0.25) is 0 Å². The highest BCUT2D eigenvalue weighted by atomic mass is 16.3. The summed E-state index contributed by atoms with van der Waals surface area (Å²) in [5.74, 6) is 0. The highest BCUT2D eigenvalue weighted by Gasteiger charge is 2.13. The first kappa shape index (κ1) is 10.2. The molecule has 0 aliphatic heterocycles. The standard InChI is InChI=1S/C11H17NO/c1-7-4-5-10(8(2)6-7)11(12)9(3)13/h4-6,9,11,13H,12H2,1-3H3/t9-,11+/m0/s1. The lowest BCUT2D eigenvalue weighted by molar-refractivity contribution is 0.164. The molecule has 2 nitrogen and oxygen atoms in total. The highest BCUT2D eigenvalue weighted by Crippen LogP contribution is 2.19. The summed E-state index contributed by atoms with van der Waals surface area (Å²) in [5, 5.41) is 9.34. The number of hydrogen-bond acceptors (Lipinski definition) is 2. The Kier molecular flexibility index (Phi) is 3.07. The summed E-state index contributed by atoms with van der Waals surface area (Å²) < 4.78 is 0. The summed E-state index contributed by atoms with van der Waals surface area (Å²) in [6.07, 6.45) is -0.499. The molecule has 0 unspecified atom stereocenters. The van der Waals surface area contributed by atoms with E-state index in [1.807, 2.05) is 26.0 Å². The van der Waals surface area contributed by atoms with E-state index in [1.165, 1.54) is 5.56 Å². The lowest BCUT2D eigenvalue weighted by Gasteiger charge is -2.17. The van der Waals surface area contributed by atoms with E-state index in [9.17, 15) is 5.11 Å². The Labute approximate surface area is 79.4 Å². The Hall–Kier alpha value is -0.860. The minimum atomic E-state index is -0.499. The molecule has 1 aromatic rings. The van der Waals surface area contributed by atoms with Crippen LogP contribution in [0.3, 0.4) is 0 Å². The van der Waals surface area contributed by atoms with Gasteiger partial charge in [-0.3, -0.25) is 0 Å².